The normalized spacial score (nSPS) is 14.5. The molecule has 0 aliphatic carbocycles. The van der Waals surface area contributed by atoms with Crippen LogP contribution < -0.4 is 25.6 Å². The first-order valence-corrected chi connectivity index (χ1v) is 15.5. The summed E-state index contributed by atoms with van der Waals surface area (Å²) in [5.74, 6) is -0.539. The quantitative estimate of drug-likeness (QED) is 0.182. The van der Waals surface area contributed by atoms with Gasteiger partial charge in [-0.2, -0.15) is 18.2 Å². The maximum atomic E-state index is 13.2. The van der Waals surface area contributed by atoms with E-state index in [0.717, 1.165) is 42.2 Å². The van der Waals surface area contributed by atoms with Crippen LogP contribution in [0, 0.1) is 0 Å². The average molecular weight is 644 g/mol. The topological polar surface area (TPSA) is 94.1 Å². The number of alkyl halides is 3. The van der Waals surface area contributed by atoms with Gasteiger partial charge in [0.05, 0.1) is 5.69 Å². The summed E-state index contributed by atoms with van der Waals surface area (Å²) in [4.78, 5) is 24.9. The van der Waals surface area contributed by atoms with Crippen molar-refractivity contribution in [1.29, 1.82) is 0 Å². The number of likely N-dealkylation sites (N-methyl/N-ethyl adjacent to an activating group) is 2. The van der Waals surface area contributed by atoms with E-state index in [1.165, 1.54) is 11.6 Å². The molecule has 2 heterocycles. The van der Waals surface area contributed by atoms with Gasteiger partial charge in [0.2, 0.25) is 11.8 Å². The zero-order valence-electron chi connectivity index (χ0n) is 28.0. The van der Waals surface area contributed by atoms with E-state index >= 15 is 0 Å². The minimum absolute atomic E-state index is 0.111. The fourth-order valence-electron chi connectivity index (χ4n) is 4.52. The van der Waals surface area contributed by atoms with Crippen molar-refractivity contribution in [2.75, 3.05) is 56.4 Å². The highest BCUT2D eigenvalue weighted by Crippen LogP contribution is 2.35. The van der Waals surface area contributed by atoms with Crippen LogP contribution >= 0.6 is 0 Å². The third-order valence-corrected chi connectivity index (χ3v) is 6.77. The number of nitrogens with zero attached hydrogens (tertiary/aromatic N) is 4. The van der Waals surface area contributed by atoms with E-state index in [1.807, 2.05) is 64.1 Å². The molecule has 1 amide bonds. The Labute approximate surface area is 271 Å². The molecule has 0 spiro atoms. The number of amides is 1. The Hall–Kier alpha value is -4.32. The number of rotatable bonds is 15. The Balaban J connectivity index is 0.00000361. The van der Waals surface area contributed by atoms with Gasteiger partial charge in [-0.15, -0.1) is 0 Å². The summed E-state index contributed by atoms with van der Waals surface area (Å²) >= 11 is 0. The van der Waals surface area contributed by atoms with Crippen LogP contribution in [0.25, 0.3) is 5.57 Å². The molecular formula is C34H48F3N7O2. The molecule has 0 saturated carbocycles. The largest absolute Gasteiger partial charge is 0.466 e. The van der Waals surface area contributed by atoms with Crippen LogP contribution in [0.15, 0.2) is 65.8 Å². The molecule has 3 N–H and O–H groups in total. The Morgan fingerprint density at radius 2 is 1.87 bits per heavy atom. The second kappa shape index (κ2) is 18.6. The lowest BCUT2D eigenvalue weighted by molar-refractivity contribution is -0.153. The molecular weight excluding hydrogens is 595 g/mol. The third kappa shape index (κ3) is 11.6. The Morgan fingerprint density at radius 1 is 1.15 bits per heavy atom. The molecule has 252 valence electrons. The zero-order chi connectivity index (χ0) is 34.3. The van der Waals surface area contributed by atoms with Crippen LogP contribution in [-0.2, 0) is 11.2 Å². The number of hydrogen-bond acceptors (Lipinski definition) is 8. The lowest BCUT2D eigenvalue weighted by Crippen LogP contribution is -2.37. The van der Waals surface area contributed by atoms with Gasteiger partial charge < -0.3 is 30.5 Å². The van der Waals surface area contributed by atoms with Crippen LogP contribution in [0.1, 0.15) is 51.7 Å². The standard InChI is InChI=1S/C32H42F3N7O2.C2H6/c1-7-10-13-22-14-11-12-15-24(22)23(8-2)25-16-17-36-31(38-25)39-27-20-26(37-28(43)9-3)29(42(6)19-18-41(4)5)40-30(27)44-21-32(33,34)35;1-2/h8-9,11-12,14-17,20,31,38-39H,3,7,10,13,18-19,21H2,1-2,4-6H3,(H,37,43);1-2H3/b23-8+;. The van der Waals surface area contributed by atoms with Crippen LogP contribution in [0.4, 0.5) is 30.4 Å². The van der Waals surface area contributed by atoms with Crippen molar-refractivity contribution in [2.24, 2.45) is 4.99 Å². The van der Waals surface area contributed by atoms with Crippen molar-refractivity contribution < 1.29 is 22.7 Å². The predicted octanol–water partition coefficient (Wildman–Crippen LogP) is 6.87. The first kappa shape index (κ1) is 37.9. The maximum Gasteiger partial charge on any atom is 0.422 e. The van der Waals surface area contributed by atoms with Gasteiger partial charge >= 0.3 is 6.18 Å². The summed E-state index contributed by atoms with van der Waals surface area (Å²) in [5.41, 5.74) is 4.45. The number of nitrogens with one attached hydrogen (secondary N) is 3. The van der Waals surface area contributed by atoms with E-state index in [1.54, 1.807) is 18.2 Å². The van der Waals surface area contributed by atoms with Gasteiger partial charge in [-0.25, -0.2) is 4.99 Å². The molecule has 1 aromatic heterocycles. The Morgan fingerprint density at radius 3 is 2.50 bits per heavy atom. The Kier molecular flexibility index (Phi) is 15.3. The zero-order valence-corrected chi connectivity index (χ0v) is 28.0. The molecule has 2 aromatic rings. The summed E-state index contributed by atoms with van der Waals surface area (Å²) in [5, 5.41) is 9.16. The fraction of sp³-hybridized carbons (Fsp3) is 0.441. The van der Waals surface area contributed by atoms with Gasteiger partial charge in [0.1, 0.15) is 5.69 Å². The number of allylic oxidation sites excluding steroid dienone is 3. The molecule has 0 fully saturated rings. The van der Waals surface area contributed by atoms with Crippen LogP contribution in [0.5, 0.6) is 5.88 Å². The monoisotopic (exact) mass is 643 g/mol. The molecule has 1 atom stereocenters. The number of carbonyl (C=O) groups excluding carboxylic acids is 1. The molecule has 0 bridgehead atoms. The highest BCUT2D eigenvalue weighted by Gasteiger charge is 2.30. The number of ether oxygens (including phenoxy) is 1. The van der Waals surface area contributed by atoms with E-state index in [4.69, 9.17) is 4.74 Å². The summed E-state index contributed by atoms with van der Waals surface area (Å²) < 4.78 is 44.9. The van der Waals surface area contributed by atoms with E-state index in [0.29, 0.717) is 13.1 Å². The number of anilines is 3. The van der Waals surface area contributed by atoms with Crippen LogP contribution in [0.3, 0.4) is 0 Å². The maximum absolute atomic E-state index is 13.2. The number of aliphatic imine (C=N–C) groups is 1. The van der Waals surface area contributed by atoms with Crippen molar-refractivity contribution in [3.8, 4) is 5.88 Å². The van der Waals surface area contributed by atoms with Gasteiger partial charge in [-0.05, 0) is 63.2 Å². The average Bonchev–Trinajstić information content (AvgIpc) is 3.03. The number of aryl methyl sites for hydroxylation is 1. The highest BCUT2D eigenvalue weighted by atomic mass is 19.4. The van der Waals surface area contributed by atoms with Crippen LogP contribution in [-0.4, -0.2) is 75.3 Å². The van der Waals surface area contributed by atoms with E-state index < -0.39 is 25.0 Å². The van der Waals surface area contributed by atoms with E-state index in [2.05, 4.69) is 51.6 Å². The minimum atomic E-state index is -4.59. The third-order valence-electron chi connectivity index (χ3n) is 6.77. The lowest BCUT2D eigenvalue weighted by Gasteiger charge is -2.28. The second-order valence-corrected chi connectivity index (χ2v) is 10.6. The smallest absolute Gasteiger partial charge is 0.422 e. The summed E-state index contributed by atoms with van der Waals surface area (Å²) in [7, 11) is 5.53. The van der Waals surface area contributed by atoms with Gasteiger partial charge in [0, 0.05) is 37.6 Å². The molecule has 0 radical (unpaired) electrons. The lowest BCUT2D eigenvalue weighted by atomic mass is 9.93. The second-order valence-electron chi connectivity index (χ2n) is 10.6. The van der Waals surface area contributed by atoms with Gasteiger partial charge in [-0.1, -0.05) is 64.1 Å². The van der Waals surface area contributed by atoms with Crippen molar-refractivity contribution >= 4 is 34.9 Å². The molecule has 9 nitrogen and oxygen atoms in total. The van der Waals surface area contributed by atoms with Gasteiger partial charge in [-0.3, -0.25) is 4.79 Å². The molecule has 46 heavy (non-hydrogen) atoms. The Bertz CT molecular complexity index is 1390. The first-order valence-electron chi connectivity index (χ1n) is 15.5. The number of benzene rings is 1. The summed E-state index contributed by atoms with van der Waals surface area (Å²) in [6, 6.07) is 9.70. The molecule has 1 aromatic carbocycles. The molecule has 0 saturated heterocycles. The number of halogens is 3. The van der Waals surface area contributed by atoms with E-state index in [-0.39, 0.29) is 23.1 Å². The number of aromatic nitrogens is 1. The number of carbonyl (C=O) groups is 1. The molecule has 1 aliphatic heterocycles. The highest BCUT2D eigenvalue weighted by molar-refractivity contribution is 6.01. The van der Waals surface area contributed by atoms with Crippen molar-refractivity contribution in [2.45, 2.75) is 59.4 Å². The fourth-order valence-corrected chi connectivity index (χ4v) is 4.52. The van der Waals surface area contributed by atoms with Gasteiger partial charge in [0.15, 0.2) is 18.7 Å². The van der Waals surface area contributed by atoms with Crippen molar-refractivity contribution in [1.82, 2.24) is 15.2 Å². The number of pyridine rings is 1. The molecule has 1 unspecified atom stereocenters. The van der Waals surface area contributed by atoms with Crippen molar-refractivity contribution in [3.63, 3.8) is 0 Å². The van der Waals surface area contributed by atoms with Crippen molar-refractivity contribution in [3.05, 3.63) is 72.0 Å². The van der Waals surface area contributed by atoms with Gasteiger partial charge in [0.25, 0.3) is 0 Å². The number of hydrogen-bond donors (Lipinski definition) is 3. The summed E-state index contributed by atoms with van der Waals surface area (Å²) in [6.07, 6.45) is 4.31. The first-order chi connectivity index (χ1) is 21.9. The predicted molar refractivity (Wildman–Crippen MR) is 184 cm³/mol. The molecule has 3 rings (SSSR count). The van der Waals surface area contributed by atoms with Crippen LogP contribution in [0.2, 0.25) is 0 Å². The number of unbranched alkanes of at least 4 members (excludes halogenated alkanes) is 1. The SMILES string of the molecule is C=CC(=O)Nc1cc(NC2N=CC=C(/C(=C/C)c3ccccc3CCCC)N2)c(OCC(F)(F)F)nc1N(C)CCN(C)C.CC. The van der Waals surface area contributed by atoms with E-state index in [9.17, 15) is 18.0 Å². The molecule has 1 aliphatic rings. The minimum Gasteiger partial charge on any atom is -0.466 e. The molecule has 12 heteroatoms. The summed E-state index contributed by atoms with van der Waals surface area (Å²) in [6.45, 7) is 11.2.